The molecule has 2 rings (SSSR count). The SMILES string of the molecule is COC(=O)c1oc(-c2ccc(Cl)o2)nc1C(C)(C)C. The van der Waals surface area contributed by atoms with Crippen molar-refractivity contribution in [2.24, 2.45) is 0 Å². The van der Waals surface area contributed by atoms with Crippen LogP contribution in [0.25, 0.3) is 11.7 Å². The van der Waals surface area contributed by atoms with Gasteiger partial charge >= 0.3 is 5.97 Å². The van der Waals surface area contributed by atoms with Crippen molar-refractivity contribution in [2.75, 3.05) is 7.11 Å². The van der Waals surface area contributed by atoms with Crippen LogP contribution in [0.3, 0.4) is 0 Å². The highest BCUT2D eigenvalue weighted by Crippen LogP contribution is 2.31. The van der Waals surface area contributed by atoms with Gasteiger partial charge in [-0.1, -0.05) is 20.8 Å². The number of rotatable bonds is 2. The molecule has 19 heavy (non-hydrogen) atoms. The van der Waals surface area contributed by atoms with Gasteiger partial charge in [-0.05, 0) is 23.7 Å². The predicted molar refractivity (Wildman–Crippen MR) is 69.3 cm³/mol. The Labute approximate surface area is 115 Å². The maximum atomic E-state index is 11.7. The van der Waals surface area contributed by atoms with Crippen molar-refractivity contribution in [3.05, 3.63) is 28.8 Å². The lowest BCUT2D eigenvalue weighted by Crippen LogP contribution is -2.17. The molecule has 0 aromatic carbocycles. The second-order valence-corrected chi connectivity index (χ2v) is 5.41. The lowest BCUT2D eigenvalue weighted by molar-refractivity contribution is 0.0562. The molecule has 2 aromatic heterocycles. The van der Waals surface area contributed by atoms with Crippen LogP contribution in [0.15, 0.2) is 21.0 Å². The molecule has 0 saturated heterocycles. The van der Waals surface area contributed by atoms with E-state index in [1.165, 1.54) is 7.11 Å². The highest BCUT2D eigenvalue weighted by Gasteiger charge is 2.30. The number of furan rings is 1. The topological polar surface area (TPSA) is 65.5 Å². The lowest BCUT2D eigenvalue weighted by atomic mass is 9.91. The third kappa shape index (κ3) is 2.66. The molecule has 0 aliphatic rings. The lowest BCUT2D eigenvalue weighted by Gasteiger charge is -2.15. The first-order chi connectivity index (χ1) is 8.82. The number of ether oxygens (including phenoxy) is 1. The molecule has 6 heteroatoms. The molecule has 0 radical (unpaired) electrons. The molecule has 0 aliphatic carbocycles. The summed E-state index contributed by atoms with van der Waals surface area (Å²) >= 11 is 5.71. The van der Waals surface area contributed by atoms with Crippen LogP contribution in [0.4, 0.5) is 0 Å². The monoisotopic (exact) mass is 283 g/mol. The number of methoxy groups -OCH3 is 1. The summed E-state index contributed by atoms with van der Waals surface area (Å²) in [6.07, 6.45) is 0. The van der Waals surface area contributed by atoms with Gasteiger partial charge in [-0.3, -0.25) is 0 Å². The fourth-order valence-corrected chi connectivity index (χ4v) is 1.74. The highest BCUT2D eigenvalue weighted by molar-refractivity contribution is 6.28. The number of nitrogens with zero attached hydrogens (tertiary/aromatic N) is 1. The molecular formula is C13H14ClNO4. The van der Waals surface area contributed by atoms with E-state index in [9.17, 15) is 4.79 Å². The first-order valence-corrected chi connectivity index (χ1v) is 6.06. The van der Waals surface area contributed by atoms with E-state index < -0.39 is 5.97 Å². The Kier molecular flexibility index (Phi) is 3.41. The van der Waals surface area contributed by atoms with Crippen LogP contribution in [0, 0.1) is 0 Å². The second-order valence-electron chi connectivity index (χ2n) is 5.04. The summed E-state index contributed by atoms with van der Waals surface area (Å²) in [6.45, 7) is 5.78. The molecule has 5 nitrogen and oxygen atoms in total. The molecule has 0 spiro atoms. The van der Waals surface area contributed by atoms with E-state index >= 15 is 0 Å². The van der Waals surface area contributed by atoms with Gasteiger partial charge in [-0.2, -0.15) is 0 Å². The third-order valence-corrected chi connectivity index (χ3v) is 2.70. The maximum Gasteiger partial charge on any atom is 0.376 e. The first kappa shape index (κ1) is 13.7. The molecule has 102 valence electrons. The molecule has 0 aliphatic heterocycles. The number of hydrogen-bond acceptors (Lipinski definition) is 5. The summed E-state index contributed by atoms with van der Waals surface area (Å²) in [5, 5.41) is 0.227. The van der Waals surface area contributed by atoms with Crippen molar-refractivity contribution in [1.29, 1.82) is 0 Å². The highest BCUT2D eigenvalue weighted by atomic mass is 35.5. The maximum absolute atomic E-state index is 11.7. The summed E-state index contributed by atoms with van der Waals surface area (Å²) < 4.78 is 15.4. The summed E-state index contributed by atoms with van der Waals surface area (Å²) in [6, 6.07) is 3.21. The van der Waals surface area contributed by atoms with Crippen LogP contribution in [0.5, 0.6) is 0 Å². The van der Waals surface area contributed by atoms with Crippen LogP contribution in [0.1, 0.15) is 37.0 Å². The van der Waals surface area contributed by atoms with Crippen molar-refractivity contribution < 1.29 is 18.4 Å². The number of oxazole rings is 1. The van der Waals surface area contributed by atoms with Crippen LogP contribution in [-0.4, -0.2) is 18.1 Å². The van der Waals surface area contributed by atoms with E-state index in [1.807, 2.05) is 20.8 Å². The molecule has 0 bridgehead atoms. The minimum absolute atomic E-state index is 0.0810. The van der Waals surface area contributed by atoms with E-state index in [1.54, 1.807) is 12.1 Å². The van der Waals surface area contributed by atoms with Crippen molar-refractivity contribution in [2.45, 2.75) is 26.2 Å². The average Bonchev–Trinajstić information content (AvgIpc) is 2.92. The Bertz CT molecular complexity index is 606. The molecule has 0 atom stereocenters. The number of hydrogen-bond donors (Lipinski definition) is 0. The van der Waals surface area contributed by atoms with E-state index in [0.29, 0.717) is 11.5 Å². The summed E-state index contributed by atoms with van der Waals surface area (Å²) in [4.78, 5) is 16.0. The van der Waals surface area contributed by atoms with Gasteiger partial charge in [0, 0.05) is 5.41 Å². The normalized spacial score (nSPS) is 11.6. The van der Waals surface area contributed by atoms with Crippen LogP contribution in [-0.2, 0) is 10.2 Å². The number of carbonyl (C=O) groups excluding carboxylic acids is 1. The van der Waals surface area contributed by atoms with Crippen LogP contribution < -0.4 is 0 Å². The van der Waals surface area contributed by atoms with Crippen molar-refractivity contribution in [3.8, 4) is 11.7 Å². The van der Waals surface area contributed by atoms with E-state index in [-0.39, 0.29) is 22.3 Å². The van der Waals surface area contributed by atoms with E-state index in [0.717, 1.165) is 0 Å². The molecular weight excluding hydrogens is 270 g/mol. The van der Waals surface area contributed by atoms with Gasteiger partial charge in [0.05, 0.1) is 7.11 Å². The third-order valence-electron chi connectivity index (χ3n) is 2.49. The zero-order chi connectivity index (χ0) is 14.2. The number of carbonyl (C=O) groups is 1. The Morgan fingerprint density at radius 3 is 2.47 bits per heavy atom. The zero-order valence-corrected chi connectivity index (χ0v) is 11.9. The van der Waals surface area contributed by atoms with Crippen molar-refractivity contribution in [1.82, 2.24) is 4.98 Å². The summed E-state index contributed by atoms with van der Waals surface area (Å²) in [7, 11) is 1.29. The zero-order valence-electron chi connectivity index (χ0n) is 11.1. The molecule has 0 fully saturated rings. The smallest absolute Gasteiger partial charge is 0.376 e. The van der Waals surface area contributed by atoms with Gasteiger partial charge in [0.25, 0.3) is 5.89 Å². The van der Waals surface area contributed by atoms with Gasteiger partial charge in [0.2, 0.25) is 5.76 Å². The minimum atomic E-state index is -0.568. The van der Waals surface area contributed by atoms with Crippen LogP contribution in [0.2, 0.25) is 5.22 Å². The van der Waals surface area contributed by atoms with Gasteiger partial charge in [-0.15, -0.1) is 0 Å². The molecule has 0 amide bonds. The summed E-state index contributed by atoms with van der Waals surface area (Å²) in [5.41, 5.74) is 0.156. The van der Waals surface area contributed by atoms with E-state index in [2.05, 4.69) is 4.98 Å². The van der Waals surface area contributed by atoms with Gasteiger partial charge in [0.1, 0.15) is 5.69 Å². The van der Waals surface area contributed by atoms with Crippen LogP contribution >= 0.6 is 11.6 Å². The number of halogens is 1. The van der Waals surface area contributed by atoms with Crippen molar-refractivity contribution >= 4 is 17.6 Å². The Balaban J connectivity index is 2.54. The van der Waals surface area contributed by atoms with E-state index in [4.69, 9.17) is 25.2 Å². The van der Waals surface area contributed by atoms with Crippen molar-refractivity contribution in [3.63, 3.8) is 0 Å². The molecule has 2 heterocycles. The largest absolute Gasteiger partial charge is 0.463 e. The first-order valence-electron chi connectivity index (χ1n) is 5.68. The summed E-state index contributed by atoms with van der Waals surface area (Å²) in [5.74, 6) is 0.0849. The van der Waals surface area contributed by atoms with Gasteiger partial charge < -0.3 is 13.6 Å². The second kappa shape index (κ2) is 4.74. The van der Waals surface area contributed by atoms with Gasteiger partial charge in [-0.25, -0.2) is 9.78 Å². The molecule has 0 saturated carbocycles. The number of aromatic nitrogens is 1. The standard InChI is InChI=1S/C13H14ClNO4/c1-13(2,3)10-9(12(16)17-4)19-11(15-10)7-5-6-8(14)18-7/h5-6H,1-4H3. The van der Waals surface area contributed by atoms with Gasteiger partial charge in [0.15, 0.2) is 11.0 Å². The minimum Gasteiger partial charge on any atom is -0.463 e. The average molecular weight is 284 g/mol. The fraction of sp³-hybridized carbons (Fsp3) is 0.385. The quantitative estimate of drug-likeness (QED) is 0.787. The molecule has 0 N–H and O–H groups in total. The predicted octanol–water partition coefficient (Wildman–Crippen LogP) is 3.67. The Hall–Kier alpha value is -1.75. The Morgan fingerprint density at radius 2 is 2.00 bits per heavy atom. The fourth-order valence-electron chi connectivity index (χ4n) is 1.59. The molecule has 2 aromatic rings. The Morgan fingerprint density at radius 1 is 1.32 bits per heavy atom. The number of esters is 1. The molecule has 0 unspecified atom stereocenters.